The molecule has 0 aliphatic rings. The summed E-state index contributed by atoms with van der Waals surface area (Å²) in [4.78, 5) is 22.2. The van der Waals surface area contributed by atoms with Crippen LogP contribution in [-0.2, 0) is 16.0 Å². The van der Waals surface area contributed by atoms with E-state index in [9.17, 15) is 9.59 Å². The predicted molar refractivity (Wildman–Crippen MR) is 86.5 cm³/mol. The van der Waals surface area contributed by atoms with Gasteiger partial charge in [-0.25, -0.2) is 0 Å². The molecule has 0 aromatic heterocycles. The van der Waals surface area contributed by atoms with E-state index in [2.05, 4.69) is 17.4 Å². The summed E-state index contributed by atoms with van der Waals surface area (Å²) in [5.74, 6) is 0.283. The summed E-state index contributed by atoms with van der Waals surface area (Å²) in [6.07, 6.45) is 2.26. The average molecular weight is 309 g/mol. The molecule has 1 unspecified atom stereocenters. The number of carbonyl (C=O) groups excluding carboxylic acids is 1. The quantitative estimate of drug-likeness (QED) is 0.652. The summed E-state index contributed by atoms with van der Waals surface area (Å²) < 4.78 is 0. The Labute approximate surface area is 130 Å². The summed E-state index contributed by atoms with van der Waals surface area (Å²) >= 11 is 1.62. The monoisotopic (exact) mass is 309 g/mol. The zero-order valence-corrected chi connectivity index (χ0v) is 13.2. The minimum atomic E-state index is -0.780. The van der Waals surface area contributed by atoms with Crippen LogP contribution in [0, 0.1) is 5.92 Å². The predicted octanol–water partition coefficient (Wildman–Crippen LogP) is 2.58. The Morgan fingerprint density at radius 1 is 1.29 bits per heavy atom. The summed E-state index contributed by atoms with van der Waals surface area (Å²) in [5.41, 5.74) is 1.29. The Kier molecular flexibility index (Phi) is 8.59. The fourth-order valence-electron chi connectivity index (χ4n) is 1.81. The Morgan fingerprint density at radius 2 is 2.00 bits per heavy atom. The summed E-state index contributed by atoms with van der Waals surface area (Å²) in [6, 6.07) is 10.2. The van der Waals surface area contributed by atoms with Crippen molar-refractivity contribution in [3.8, 4) is 0 Å². The number of nitrogens with one attached hydrogen (secondary N) is 1. The number of amides is 1. The molecule has 0 heterocycles. The molecule has 1 aromatic carbocycles. The summed E-state index contributed by atoms with van der Waals surface area (Å²) in [6.45, 7) is 2.24. The minimum absolute atomic E-state index is 0.0241. The summed E-state index contributed by atoms with van der Waals surface area (Å²) in [7, 11) is 0. The number of carboxylic acid groups (broad SMARTS) is 1. The lowest BCUT2D eigenvalue weighted by molar-refractivity contribution is -0.141. The molecule has 21 heavy (non-hydrogen) atoms. The Hall–Kier alpha value is -1.49. The fraction of sp³-hybridized carbons (Fsp3) is 0.500. The molecule has 1 rings (SSSR count). The lowest BCUT2D eigenvalue weighted by Crippen LogP contribution is -2.27. The number of hydrogen-bond acceptors (Lipinski definition) is 3. The Balaban J connectivity index is 2.00. The van der Waals surface area contributed by atoms with Crippen LogP contribution < -0.4 is 5.32 Å². The highest BCUT2D eigenvalue weighted by atomic mass is 32.2. The second-order valence-electron chi connectivity index (χ2n) is 5.02. The van der Waals surface area contributed by atoms with Crippen molar-refractivity contribution in [2.45, 2.75) is 26.2 Å². The zero-order chi connectivity index (χ0) is 15.5. The first kappa shape index (κ1) is 17.6. The number of thioether (sulfide) groups is 1. The van der Waals surface area contributed by atoms with Crippen LogP contribution in [0.25, 0.3) is 0 Å². The van der Waals surface area contributed by atoms with Crippen LogP contribution in [0.2, 0.25) is 0 Å². The van der Waals surface area contributed by atoms with E-state index in [0.29, 0.717) is 25.1 Å². The van der Waals surface area contributed by atoms with Gasteiger partial charge in [-0.15, -0.1) is 0 Å². The molecule has 2 N–H and O–H groups in total. The van der Waals surface area contributed by atoms with E-state index in [1.807, 2.05) is 18.2 Å². The number of aryl methyl sites for hydroxylation is 1. The van der Waals surface area contributed by atoms with Crippen molar-refractivity contribution >= 4 is 23.6 Å². The van der Waals surface area contributed by atoms with Gasteiger partial charge in [0.15, 0.2) is 0 Å². The van der Waals surface area contributed by atoms with E-state index in [-0.39, 0.29) is 11.8 Å². The molecular weight excluding hydrogens is 286 g/mol. The molecule has 0 fully saturated rings. The third kappa shape index (κ3) is 8.40. The van der Waals surface area contributed by atoms with E-state index in [1.54, 1.807) is 18.7 Å². The highest BCUT2D eigenvalue weighted by molar-refractivity contribution is 7.99. The highest BCUT2D eigenvalue weighted by Crippen LogP contribution is 2.07. The number of hydrogen-bond donors (Lipinski definition) is 2. The molecule has 116 valence electrons. The topological polar surface area (TPSA) is 66.4 Å². The minimum Gasteiger partial charge on any atom is -0.481 e. The number of rotatable bonds is 10. The van der Waals surface area contributed by atoms with Gasteiger partial charge in [-0.1, -0.05) is 37.3 Å². The standard InChI is InChI=1S/C16H23NO3S/c1-13(16(19)20)6-5-10-17-15(18)12-21-11-9-14-7-3-2-4-8-14/h2-4,7-8,13H,5-6,9-12H2,1H3,(H,17,18)(H,19,20). The fourth-order valence-corrected chi connectivity index (χ4v) is 2.62. The van der Waals surface area contributed by atoms with E-state index < -0.39 is 5.97 Å². The molecule has 5 heteroatoms. The number of benzene rings is 1. The molecule has 1 amide bonds. The van der Waals surface area contributed by atoms with Gasteiger partial charge in [-0.3, -0.25) is 9.59 Å². The molecule has 0 radical (unpaired) electrons. The maximum atomic E-state index is 11.6. The first-order valence-electron chi connectivity index (χ1n) is 7.20. The second kappa shape index (κ2) is 10.3. The molecule has 1 atom stereocenters. The van der Waals surface area contributed by atoms with Crippen molar-refractivity contribution < 1.29 is 14.7 Å². The van der Waals surface area contributed by atoms with Gasteiger partial charge in [-0.2, -0.15) is 11.8 Å². The van der Waals surface area contributed by atoms with Crippen LogP contribution in [0.15, 0.2) is 30.3 Å². The van der Waals surface area contributed by atoms with Crippen molar-refractivity contribution in [3.05, 3.63) is 35.9 Å². The van der Waals surface area contributed by atoms with E-state index in [1.165, 1.54) is 5.56 Å². The number of carboxylic acids is 1. The largest absolute Gasteiger partial charge is 0.481 e. The molecule has 0 spiro atoms. The molecule has 0 bridgehead atoms. The number of carbonyl (C=O) groups is 2. The molecule has 1 aromatic rings. The summed E-state index contributed by atoms with van der Waals surface area (Å²) in [5, 5.41) is 11.6. The number of aliphatic carboxylic acids is 1. The van der Waals surface area contributed by atoms with Gasteiger partial charge >= 0.3 is 5.97 Å². The molecule has 0 aliphatic heterocycles. The third-order valence-electron chi connectivity index (χ3n) is 3.17. The lowest BCUT2D eigenvalue weighted by Gasteiger charge is -2.07. The first-order chi connectivity index (χ1) is 10.1. The van der Waals surface area contributed by atoms with Gasteiger partial charge < -0.3 is 10.4 Å². The Bertz CT molecular complexity index is 436. The van der Waals surface area contributed by atoms with Crippen LogP contribution in [0.1, 0.15) is 25.3 Å². The molecule has 0 saturated carbocycles. The van der Waals surface area contributed by atoms with Crippen LogP contribution in [0.5, 0.6) is 0 Å². The normalized spacial score (nSPS) is 11.9. The van der Waals surface area contributed by atoms with E-state index in [4.69, 9.17) is 5.11 Å². The van der Waals surface area contributed by atoms with Crippen LogP contribution in [0.3, 0.4) is 0 Å². The van der Waals surface area contributed by atoms with Gasteiger partial charge in [0.2, 0.25) is 5.91 Å². The van der Waals surface area contributed by atoms with Crippen molar-refractivity contribution in [1.82, 2.24) is 5.32 Å². The van der Waals surface area contributed by atoms with Gasteiger partial charge in [0, 0.05) is 6.54 Å². The zero-order valence-electron chi connectivity index (χ0n) is 12.4. The molecule has 0 aliphatic carbocycles. The molecule has 0 saturated heterocycles. The van der Waals surface area contributed by atoms with Crippen molar-refractivity contribution in [1.29, 1.82) is 0 Å². The van der Waals surface area contributed by atoms with Gasteiger partial charge in [0.05, 0.1) is 11.7 Å². The van der Waals surface area contributed by atoms with Gasteiger partial charge in [-0.05, 0) is 30.6 Å². The highest BCUT2D eigenvalue weighted by Gasteiger charge is 2.10. The smallest absolute Gasteiger partial charge is 0.306 e. The SMILES string of the molecule is CC(CCCNC(=O)CSCCc1ccccc1)C(=O)O. The maximum absolute atomic E-state index is 11.6. The van der Waals surface area contributed by atoms with E-state index >= 15 is 0 Å². The van der Waals surface area contributed by atoms with Crippen LogP contribution in [0.4, 0.5) is 0 Å². The second-order valence-corrected chi connectivity index (χ2v) is 6.12. The van der Waals surface area contributed by atoms with Crippen molar-refractivity contribution in [2.75, 3.05) is 18.1 Å². The van der Waals surface area contributed by atoms with Gasteiger partial charge in [0.25, 0.3) is 0 Å². The molecular formula is C16H23NO3S. The lowest BCUT2D eigenvalue weighted by atomic mass is 10.1. The van der Waals surface area contributed by atoms with Crippen molar-refractivity contribution in [3.63, 3.8) is 0 Å². The maximum Gasteiger partial charge on any atom is 0.306 e. The first-order valence-corrected chi connectivity index (χ1v) is 8.36. The Morgan fingerprint density at radius 3 is 2.67 bits per heavy atom. The third-order valence-corrected chi connectivity index (χ3v) is 4.13. The van der Waals surface area contributed by atoms with Gasteiger partial charge in [0.1, 0.15) is 0 Å². The van der Waals surface area contributed by atoms with Crippen molar-refractivity contribution in [2.24, 2.45) is 5.92 Å². The van der Waals surface area contributed by atoms with Crippen LogP contribution in [-0.4, -0.2) is 35.0 Å². The van der Waals surface area contributed by atoms with Crippen LogP contribution >= 0.6 is 11.8 Å². The molecule has 4 nitrogen and oxygen atoms in total. The van der Waals surface area contributed by atoms with E-state index in [0.717, 1.165) is 12.2 Å². The average Bonchev–Trinajstić information content (AvgIpc) is 2.49.